The number of fused-ring (bicyclic) bond motifs is 3. The van der Waals surface area contributed by atoms with Crippen LogP contribution in [0.5, 0.6) is 0 Å². The molecule has 0 radical (unpaired) electrons. The normalized spacial score (nSPS) is 14.8. The molecule has 1 amide bonds. The number of amides is 1. The number of hydrogen-bond acceptors (Lipinski definition) is 2. The van der Waals surface area contributed by atoms with Crippen LogP contribution in [-0.2, 0) is 6.42 Å². The Morgan fingerprint density at radius 1 is 1.27 bits per heavy atom. The molecule has 1 aromatic carbocycles. The van der Waals surface area contributed by atoms with E-state index in [1.54, 1.807) is 6.20 Å². The minimum atomic E-state index is 0.0230. The van der Waals surface area contributed by atoms with E-state index in [2.05, 4.69) is 10.3 Å². The molecule has 0 saturated heterocycles. The molecule has 1 aliphatic rings. The van der Waals surface area contributed by atoms with Gasteiger partial charge in [-0.2, -0.15) is 0 Å². The molecule has 0 atom stereocenters. The van der Waals surface area contributed by atoms with Gasteiger partial charge in [-0.25, -0.2) is 0 Å². The van der Waals surface area contributed by atoms with Crippen LogP contribution in [0.2, 0.25) is 0 Å². The van der Waals surface area contributed by atoms with Crippen molar-refractivity contribution in [1.29, 1.82) is 0 Å². The van der Waals surface area contributed by atoms with Crippen molar-refractivity contribution >= 4 is 16.8 Å². The van der Waals surface area contributed by atoms with Crippen molar-refractivity contribution in [2.24, 2.45) is 0 Å². The zero-order valence-corrected chi connectivity index (χ0v) is 8.16. The second-order valence-electron chi connectivity index (χ2n) is 3.68. The standard InChI is InChI=1S/C12H10N2O/c15-12-11-8(5-7-14-12)3-4-10-9(11)2-1-6-13-10/h1-4,6H,5,7H2,(H,14,15). The van der Waals surface area contributed by atoms with Crippen LogP contribution < -0.4 is 5.32 Å². The molecule has 2 aromatic rings. The van der Waals surface area contributed by atoms with E-state index in [1.807, 2.05) is 24.3 Å². The summed E-state index contributed by atoms with van der Waals surface area (Å²) >= 11 is 0. The van der Waals surface area contributed by atoms with Gasteiger partial charge in [0.15, 0.2) is 0 Å². The number of benzene rings is 1. The van der Waals surface area contributed by atoms with Gasteiger partial charge in [-0.05, 0) is 24.1 Å². The summed E-state index contributed by atoms with van der Waals surface area (Å²) in [4.78, 5) is 16.0. The minimum absolute atomic E-state index is 0.0230. The first-order chi connectivity index (χ1) is 7.36. The quantitative estimate of drug-likeness (QED) is 0.697. The van der Waals surface area contributed by atoms with Crippen molar-refractivity contribution in [2.75, 3.05) is 6.54 Å². The van der Waals surface area contributed by atoms with Crippen LogP contribution in [0, 0.1) is 0 Å². The summed E-state index contributed by atoms with van der Waals surface area (Å²) in [5, 5.41) is 3.81. The molecule has 0 saturated carbocycles. The van der Waals surface area contributed by atoms with Gasteiger partial charge in [0, 0.05) is 18.1 Å². The third-order valence-electron chi connectivity index (χ3n) is 2.78. The molecule has 0 spiro atoms. The first kappa shape index (κ1) is 8.41. The van der Waals surface area contributed by atoms with Crippen LogP contribution >= 0.6 is 0 Å². The number of nitrogens with one attached hydrogen (secondary N) is 1. The van der Waals surface area contributed by atoms with Gasteiger partial charge in [0.1, 0.15) is 0 Å². The van der Waals surface area contributed by atoms with Gasteiger partial charge in [0.2, 0.25) is 0 Å². The number of carbonyl (C=O) groups is 1. The first-order valence-corrected chi connectivity index (χ1v) is 5.01. The van der Waals surface area contributed by atoms with Crippen molar-refractivity contribution < 1.29 is 4.79 Å². The second-order valence-corrected chi connectivity index (χ2v) is 3.68. The smallest absolute Gasteiger partial charge is 0.252 e. The highest BCUT2D eigenvalue weighted by atomic mass is 16.1. The molecule has 1 aliphatic heterocycles. The molecule has 74 valence electrons. The summed E-state index contributed by atoms with van der Waals surface area (Å²) in [6.07, 6.45) is 2.65. The predicted molar refractivity (Wildman–Crippen MR) is 57.8 cm³/mol. The number of hydrogen-bond donors (Lipinski definition) is 1. The van der Waals surface area contributed by atoms with Crippen molar-refractivity contribution in [1.82, 2.24) is 10.3 Å². The Kier molecular flexibility index (Phi) is 1.71. The van der Waals surface area contributed by atoms with E-state index >= 15 is 0 Å². The van der Waals surface area contributed by atoms with E-state index in [0.717, 1.165) is 35.0 Å². The van der Waals surface area contributed by atoms with E-state index in [1.165, 1.54) is 0 Å². The molecule has 2 heterocycles. The molecule has 15 heavy (non-hydrogen) atoms. The van der Waals surface area contributed by atoms with Crippen LogP contribution in [0.1, 0.15) is 15.9 Å². The number of nitrogens with zero attached hydrogens (tertiary/aromatic N) is 1. The number of carbonyl (C=O) groups excluding carboxylic acids is 1. The highest BCUT2D eigenvalue weighted by molar-refractivity contribution is 6.08. The van der Waals surface area contributed by atoms with Gasteiger partial charge < -0.3 is 5.32 Å². The van der Waals surface area contributed by atoms with Crippen molar-refractivity contribution in [3.8, 4) is 0 Å². The Bertz CT molecular complexity index is 548. The van der Waals surface area contributed by atoms with Gasteiger partial charge in [-0.1, -0.05) is 12.1 Å². The summed E-state index contributed by atoms with van der Waals surface area (Å²) in [6, 6.07) is 7.80. The highest BCUT2D eigenvalue weighted by Gasteiger charge is 2.18. The Balaban J connectivity index is 2.40. The Morgan fingerprint density at radius 2 is 2.20 bits per heavy atom. The van der Waals surface area contributed by atoms with Gasteiger partial charge in [0.25, 0.3) is 5.91 Å². The van der Waals surface area contributed by atoms with Gasteiger partial charge >= 0.3 is 0 Å². The molecular formula is C12H10N2O. The second kappa shape index (κ2) is 3.05. The van der Waals surface area contributed by atoms with Gasteiger partial charge in [-0.15, -0.1) is 0 Å². The summed E-state index contributed by atoms with van der Waals surface area (Å²) in [6.45, 7) is 0.734. The Morgan fingerprint density at radius 3 is 3.13 bits per heavy atom. The third kappa shape index (κ3) is 1.20. The highest BCUT2D eigenvalue weighted by Crippen LogP contribution is 2.23. The molecule has 3 rings (SSSR count). The molecule has 3 nitrogen and oxygen atoms in total. The van der Waals surface area contributed by atoms with Crippen LogP contribution in [0.15, 0.2) is 30.5 Å². The van der Waals surface area contributed by atoms with Crippen LogP contribution in [0.4, 0.5) is 0 Å². The van der Waals surface area contributed by atoms with Crippen LogP contribution in [0.3, 0.4) is 0 Å². The van der Waals surface area contributed by atoms with E-state index in [9.17, 15) is 4.79 Å². The molecule has 3 heteroatoms. The number of pyridine rings is 1. The van der Waals surface area contributed by atoms with Crippen molar-refractivity contribution in [3.63, 3.8) is 0 Å². The molecular weight excluding hydrogens is 188 g/mol. The Labute approximate surface area is 87.1 Å². The monoisotopic (exact) mass is 198 g/mol. The number of rotatable bonds is 0. The summed E-state index contributed by atoms with van der Waals surface area (Å²) in [5.41, 5.74) is 2.81. The average molecular weight is 198 g/mol. The third-order valence-corrected chi connectivity index (χ3v) is 2.78. The van der Waals surface area contributed by atoms with Crippen LogP contribution in [0.25, 0.3) is 10.9 Å². The van der Waals surface area contributed by atoms with E-state index in [4.69, 9.17) is 0 Å². The van der Waals surface area contributed by atoms with E-state index in [-0.39, 0.29) is 5.91 Å². The molecule has 1 N–H and O–H groups in total. The van der Waals surface area contributed by atoms with Gasteiger partial charge in [-0.3, -0.25) is 9.78 Å². The molecule has 1 aromatic heterocycles. The van der Waals surface area contributed by atoms with E-state index < -0.39 is 0 Å². The Hall–Kier alpha value is -1.90. The first-order valence-electron chi connectivity index (χ1n) is 5.01. The maximum absolute atomic E-state index is 11.8. The molecule has 0 fully saturated rings. The zero-order chi connectivity index (χ0) is 10.3. The fraction of sp³-hybridized carbons (Fsp3) is 0.167. The lowest BCUT2D eigenvalue weighted by molar-refractivity contribution is 0.0948. The van der Waals surface area contributed by atoms with Crippen molar-refractivity contribution in [2.45, 2.75) is 6.42 Å². The number of aromatic nitrogens is 1. The average Bonchev–Trinajstić information content (AvgIpc) is 2.29. The predicted octanol–water partition coefficient (Wildman–Crippen LogP) is 1.52. The van der Waals surface area contributed by atoms with Crippen molar-refractivity contribution in [3.05, 3.63) is 41.6 Å². The maximum atomic E-state index is 11.8. The summed E-state index contributed by atoms with van der Waals surface area (Å²) < 4.78 is 0. The summed E-state index contributed by atoms with van der Waals surface area (Å²) in [7, 11) is 0. The minimum Gasteiger partial charge on any atom is -0.352 e. The topological polar surface area (TPSA) is 42.0 Å². The summed E-state index contributed by atoms with van der Waals surface area (Å²) in [5.74, 6) is 0.0230. The fourth-order valence-electron chi connectivity index (χ4n) is 2.07. The molecule has 0 unspecified atom stereocenters. The van der Waals surface area contributed by atoms with Gasteiger partial charge in [0.05, 0.1) is 11.1 Å². The molecule has 0 bridgehead atoms. The zero-order valence-electron chi connectivity index (χ0n) is 8.16. The largest absolute Gasteiger partial charge is 0.352 e. The van der Waals surface area contributed by atoms with Crippen LogP contribution in [-0.4, -0.2) is 17.4 Å². The lowest BCUT2D eigenvalue weighted by Gasteiger charge is -2.17. The lowest BCUT2D eigenvalue weighted by Crippen LogP contribution is -2.31. The fourth-order valence-corrected chi connectivity index (χ4v) is 2.07. The SMILES string of the molecule is O=C1NCCc2ccc3ncccc3c21. The maximum Gasteiger partial charge on any atom is 0.252 e. The molecule has 0 aliphatic carbocycles. The lowest BCUT2D eigenvalue weighted by atomic mass is 9.96. The van der Waals surface area contributed by atoms with E-state index in [0.29, 0.717) is 0 Å².